The first-order chi connectivity index (χ1) is 28.1. The highest BCUT2D eigenvalue weighted by Gasteiger charge is 2.39. The maximum atomic E-state index is 14.0. The summed E-state index contributed by atoms with van der Waals surface area (Å²) in [5.74, 6) is 2.07. The molecule has 10 heteroatoms. The van der Waals surface area contributed by atoms with Crippen molar-refractivity contribution >= 4 is 11.8 Å². The number of benzene rings is 4. The Morgan fingerprint density at radius 2 is 0.879 bits per heavy atom. The molecule has 2 fully saturated rings. The second-order valence-corrected chi connectivity index (χ2v) is 16.3. The van der Waals surface area contributed by atoms with E-state index >= 15 is 0 Å². The van der Waals surface area contributed by atoms with Crippen LogP contribution >= 0.6 is 0 Å². The third-order valence-corrected chi connectivity index (χ3v) is 11.9. The molecule has 0 spiro atoms. The largest absolute Gasteiger partial charge is 0.336 e. The average Bonchev–Trinajstić information content (AvgIpc) is 4.05. The molecule has 298 valence electrons. The van der Waals surface area contributed by atoms with Gasteiger partial charge in [-0.1, -0.05) is 109 Å². The van der Waals surface area contributed by atoms with E-state index in [1.54, 1.807) is 0 Å². The number of aromatic nitrogens is 4. The van der Waals surface area contributed by atoms with Gasteiger partial charge in [0.1, 0.15) is 23.7 Å². The molecule has 4 heterocycles. The van der Waals surface area contributed by atoms with Gasteiger partial charge < -0.3 is 18.9 Å². The van der Waals surface area contributed by atoms with E-state index < -0.39 is 0 Å². The number of carbonyl (C=O) groups excluding carboxylic acids is 2. The normalized spacial score (nSPS) is 18.0. The Balaban J connectivity index is 0.960. The van der Waals surface area contributed by atoms with Crippen LogP contribution in [0.1, 0.15) is 72.6 Å². The molecule has 0 saturated carbocycles. The lowest BCUT2D eigenvalue weighted by molar-refractivity contribution is -0.138. The van der Waals surface area contributed by atoms with Crippen molar-refractivity contribution in [3.05, 3.63) is 144 Å². The first-order valence-corrected chi connectivity index (χ1v) is 20.4. The van der Waals surface area contributed by atoms with Crippen molar-refractivity contribution in [2.75, 3.05) is 41.3 Å². The summed E-state index contributed by atoms with van der Waals surface area (Å²) in [6, 6.07) is 36.3. The molecule has 0 aliphatic carbocycles. The molecule has 10 nitrogen and oxygen atoms in total. The Morgan fingerprint density at radius 1 is 0.534 bits per heavy atom. The van der Waals surface area contributed by atoms with Gasteiger partial charge in [-0.2, -0.15) is 0 Å². The van der Waals surface area contributed by atoms with Crippen LogP contribution in [0.4, 0.5) is 0 Å². The zero-order chi connectivity index (χ0) is 40.5. The quantitative estimate of drug-likeness (QED) is 0.132. The summed E-state index contributed by atoms with van der Waals surface area (Å²) in [6.45, 7) is 1.45. The van der Waals surface area contributed by atoms with E-state index in [1.165, 1.54) is 0 Å². The average molecular weight is 775 g/mol. The number of imidazole rings is 2. The molecule has 2 aliphatic heterocycles. The Kier molecular flexibility index (Phi) is 11.1. The molecule has 2 aromatic heterocycles. The Bertz CT molecular complexity index is 2180. The van der Waals surface area contributed by atoms with Crippen LogP contribution < -0.4 is 0 Å². The fourth-order valence-electron chi connectivity index (χ4n) is 9.03. The van der Waals surface area contributed by atoms with Gasteiger partial charge in [-0.25, -0.2) is 9.97 Å². The van der Waals surface area contributed by atoms with Crippen molar-refractivity contribution in [3.63, 3.8) is 0 Å². The summed E-state index contributed by atoms with van der Waals surface area (Å²) in [6.07, 6.45) is 7.85. The lowest BCUT2D eigenvalue weighted by Gasteiger charge is -2.32. The van der Waals surface area contributed by atoms with Crippen molar-refractivity contribution in [2.45, 2.75) is 49.9 Å². The van der Waals surface area contributed by atoms with Crippen LogP contribution in [-0.4, -0.2) is 91.8 Å². The summed E-state index contributed by atoms with van der Waals surface area (Å²) in [5, 5.41) is 0. The van der Waals surface area contributed by atoms with E-state index in [2.05, 4.69) is 70.1 Å². The zero-order valence-corrected chi connectivity index (χ0v) is 34.5. The fourth-order valence-corrected chi connectivity index (χ4v) is 9.03. The third kappa shape index (κ3) is 7.62. The number of carbonyl (C=O) groups is 2. The first kappa shape index (κ1) is 39.0. The number of likely N-dealkylation sites (tertiary alicyclic amines) is 2. The summed E-state index contributed by atoms with van der Waals surface area (Å²) < 4.78 is 4.17. The van der Waals surface area contributed by atoms with Gasteiger partial charge in [0.2, 0.25) is 11.8 Å². The second kappa shape index (κ2) is 16.6. The van der Waals surface area contributed by atoms with Crippen LogP contribution in [0.15, 0.2) is 122 Å². The molecule has 0 N–H and O–H groups in total. The standard InChI is InChI=1S/C48H54N8O2/c1-51(2)43(37-15-9-7-10-16-37)47(57)55-29-13-19-41(55)45-49-39(31-53(45)5)35-25-21-33(22-26-35)34-23-27-36(28-24-34)40-32-54(6)46(50-40)42-20-14-30-56(42)48(58)44(52(3)4)38-17-11-8-12-18-38/h7-12,15-18,21-28,31-32,41-44H,13-14,19-20,29-30H2,1-6H3/t41-,42-,43?,44?/m0/s1. The van der Waals surface area contributed by atoms with Crippen LogP contribution in [0.2, 0.25) is 0 Å². The molecule has 58 heavy (non-hydrogen) atoms. The van der Waals surface area contributed by atoms with Crippen molar-refractivity contribution < 1.29 is 9.59 Å². The van der Waals surface area contributed by atoms with Crippen molar-refractivity contribution in [1.29, 1.82) is 0 Å². The molecule has 4 aromatic carbocycles. The second-order valence-electron chi connectivity index (χ2n) is 16.3. The Morgan fingerprint density at radius 3 is 1.22 bits per heavy atom. The maximum absolute atomic E-state index is 14.0. The number of aryl methyl sites for hydroxylation is 2. The number of hydrogen-bond donors (Lipinski definition) is 0. The van der Waals surface area contributed by atoms with Gasteiger partial charge in [-0.15, -0.1) is 0 Å². The van der Waals surface area contributed by atoms with Crippen LogP contribution in [-0.2, 0) is 23.7 Å². The van der Waals surface area contributed by atoms with Gasteiger partial charge in [0, 0.05) is 50.7 Å². The van der Waals surface area contributed by atoms with E-state index in [0.29, 0.717) is 0 Å². The predicted molar refractivity (Wildman–Crippen MR) is 229 cm³/mol. The van der Waals surface area contributed by atoms with E-state index in [4.69, 9.17) is 9.97 Å². The molecule has 6 aromatic rings. The predicted octanol–water partition coefficient (Wildman–Crippen LogP) is 8.09. The lowest BCUT2D eigenvalue weighted by atomic mass is 10.0. The summed E-state index contributed by atoms with van der Waals surface area (Å²) in [5.41, 5.74) is 8.11. The highest BCUT2D eigenvalue weighted by Crippen LogP contribution is 2.38. The maximum Gasteiger partial charge on any atom is 0.245 e. The van der Waals surface area contributed by atoms with Gasteiger partial charge in [-0.3, -0.25) is 19.4 Å². The minimum absolute atomic E-state index is 0.0694. The molecule has 2 amide bonds. The first-order valence-electron chi connectivity index (χ1n) is 20.4. The molecule has 2 unspecified atom stereocenters. The number of hydrogen-bond acceptors (Lipinski definition) is 6. The molecular formula is C48H54N8O2. The van der Waals surface area contributed by atoms with Crippen LogP contribution in [0.5, 0.6) is 0 Å². The Labute approximate surface area is 342 Å². The molecule has 2 saturated heterocycles. The van der Waals surface area contributed by atoms with Crippen LogP contribution in [0.25, 0.3) is 33.6 Å². The summed E-state index contributed by atoms with van der Waals surface area (Å²) in [7, 11) is 11.9. The number of likely N-dealkylation sites (N-methyl/N-ethyl adjacent to an activating group) is 2. The van der Waals surface area contributed by atoms with E-state index in [-0.39, 0.29) is 36.0 Å². The van der Waals surface area contributed by atoms with E-state index in [0.717, 1.165) is 95.2 Å². The minimum atomic E-state index is -0.341. The minimum Gasteiger partial charge on any atom is -0.336 e. The van der Waals surface area contributed by atoms with Gasteiger partial charge in [0.15, 0.2) is 0 Å². The molecule has 8 rings (SSSR count). The molecule has 4 atom stereocenters. The van der Waals surface area contributed by atoms with Gasteiger partial charge in [0.25, 0.3) is 0 Å². The van der Waals surface area contributed by atoms with Crippen molar-refractivity contribution in [3.8, 4) is 33.6 Å². The fraction of sp³-hybridized carbons (Fsp3) is 0.333. The lowest BCUT2D eigenvalue weighted by Crippen LogP contribution is -2.40. The van der Waals surface area contributed by atoms with Crippen LogP contribution in [0, 0.1) is 0 Å². The molecule has 2 aliphatic rings. The van der Waals surface area contributed by atoms with Gasteiger partial charge >= 0.3 is 0 Å². The van der Waals surface area contributed by atoms with Gasteiger partial charge in [0.05, 0.1) is 23.5 Å². The number of nitrogens with zero attached hydrogens (tertiary/aromatic N) is 8. The number of amides is 2. The highest BCUT2D eigenvalue weighted by atomic mass is 16.2. The molecule has 0 radical (unpaired) electrons. The van der Waals surface area contributed by atoms with Crippen molar-refractivity contribution in [1.82, 2.24) is 38.7 Å². The summed E-state index contributed by atoms with van der Waals surface area (Å²) in [4.78, 5) is 46.4. The smallest absolute Gasteiger partial charge is 0.245 e. The molecule has 0 bridgehead atoms. The highest BCUT2D eigenvalue weighted by molar-refractivity contribution is 5.85. The van der Waals surface area contributed by atoms with E-state index in [9.17, 15) is 9.59 Å². The zero-order valence-electron chi connectivity index (χ0n) is 34.5. The van der Waals surface area contributed by atoms with E-state index in [1.807, 2.05) is 123 Å². The Hall–Kier alpha value is -5.84. The SMILES string of the molecule is CN(C)C(C(=O)N1CCC[C@H]1c1nc(-c2ccc(-c3ccc(-c4cn(C)c([C@@H]5CCCN5C(=O)C(c5ccccc5)N(C)C)n4)cc3)cc2)cn1C)c1ccccc1. The van der Waals surface area contributed by atoms with Gasteiger partial charge in [-0.05, 0) is 76.1 Å². The van der Waals surface area contributed by atoms with Crippen molar-refractivity contribution in [2.24, 2.45) is 14.1 Å². The number of rotatable bonds is 11. The third-order valence-electron chi connectivity index (χ3n) is 11.9. The molecular weight excluding hydrogens is 721 g/mol. The summed E-state index contributed by atoms with van der Waals surface area (Å²) >= 11 is 0. The van der Waals surface area contributed by atoms with Crippen LogP contribution in [0.3, 0.4) is 0 Å². The monoisotopic (exact) mass is 774 g/mol. The topological polar surface area (TPSA) is 82.7 Å².